The van der Waals surface area contributed by atoms with E-state index in [1.54, 1.807) is 6.08 Å². The van der Waals surface area contributed by atoms with Gasteiger partial charge in [-0.3, -0.25) is 0 Å². The zero-order chi connectivity index (χ0) is 27.9. The Hall–Kier alpha value is -1.11. The van der Waals surface area contributed by atoms with Crippen molar-refractivity contribution in [1.29, 1.82) is 0 Å². The summed E-state index contributed by atoms with van der Waals surface area (Å²) in [4.78, 5) is 11.8. The van der Waals surface area contributed by atoms with Crippen molar-refractivity contribution in [2.75, 3.05) is 13.2 Å². The van der Waals surface area contributed by atoms with Gasteiger partial charge in [-0.2, -0.15) is 0 Å². The summed E-state index contributed by atoms with van der Waals surface area (Å²) in [6, 6.07) is 0. The Bertz CT molecular complexity index is 1000. The summed E-state index contributed by atoms with van der Waals surface area (Å²) in [6.45, 7) is 4.04. The zero-order valence-corrected chi connectivity index (χ0v) is 22.8. The molecule has 0 radical (unpaired) electrons. The molecule has 0 amide bonds. The van der Waals surface area contributed by atoms with Gasteiger partial charge in [0.2, 0.25) is 0 Å². The van der Waals surface area contributed by atoms with E-state index in [0.29, 0.717) is 25.2 Å². The number of cyclic esters (lactones) is 1. The molecule has 4 aliphatic carbocycles. The first-order valence-electron chi connectivity index (χ1n) is 14.7. The summed E-state index contributed by atoms with van der Waals surface area (Å²) < 4.78 is 16.9. The Balaban J connectivity index is 1.18. The first kappa shape index (κ1) is 28.0. The van der Waals surface area contributed by atoms with Gasteiger partial charge in [-0.25, -0.2) is 4.79 Å². The number of carbonyl (C=O) groups excluding carboxylic acids is 1. The number of rotatable bonds is 4. The molecule has 0 spiro atoms. The monoisotopic (exact) mass is 552 g/mol. The largest absolute Gasteiger partial charge is 0.458 e. The lowest BCUT2D eigenvalue weighted by Gasteiger charge is -2.65. The van der Waals surface area contributed by atoms with E-state index in [9.17, 15) is 35.4 Å². The number of ether oxygens (including phenoxy) is 3. The first-order chi connectivity index (χ1) is 18.4. The Labute approximate surface area is 229 Å². The summed E-state index contributed by atoms with van der Waals surface area (Å²) in [7, 11) is 0. The van der Waals surface area contributed by atoms with Gasteiger partial charge in [0.25, 0.3) is 0 Å². The molecule has 220 valence electrons. The molecule has 4 saturated carbocycles. The maximum Gasteiger partial charge on any atom is 0.331 e. The van der Waals surface area contributed by atoms with Gasteiger partial charge in [-0.1, -0.05) is 13.8 Å². The Morgan fingerprint density at radius 2 is 1.74 bits per heavy atom. The van der Waals surface area contributed by atoms with E-state index in [0.717, 1.165) is 37.7 Å². The van der Waals surface area contributed by atoms with Gasteiger partial charge in [0, 0.05) is 11.5 Å². The van der Waals surface area contributed by atoms with E-state index in [1.807, 2.05) is 6.92 Å². The predicted octanol–water partition coefficient (Wildman–Crippen LogP) is 0.399. The van der Waals surface area contributed by atoms with Gasteiger partial charge >= 0.3 is 5.97 Å². The molecule has 0 aromatic rings. The van der Waals surface area contributed by atoms with Crippen molar-refractivity contribution in [3.63, 3.8) is 0 Å². The summed E-state index contributed by atoms with van der Waals surface area (Å²) in [6.07, 6.45) is 0.134. The van der Waals surface area contributed by atoms with Gasteiger partial charge < -0.3 is 44.8 Å². The van der Waals surface area contributed by atoms with E-state index >= 15 is 0 Å². The average Bonchev–Trinajstić information content (AvgIpc) is 3.46. The van der Waals surface area contributed by atoms with Crippen molar-refractivity contribution in [2.24, 2.45) is 34.5 Å². The normalized spacial score (nSPS) is 55.3. The second kappa shape index (κ2) is 9.73. The van der Waals surface area contributed by atoms with Gasteiger partial charge in [-0.15, -0.1) is 0 Å². The van der Waals surface area contributed by atoms with Crippen LogP contribution in [0, 0.1) is 34.5 Å². The van der Waals surface area contributed by atoms with Crippen LogP contribution in [0.3, 0.4) is 0 Å². The molecule has 2 aliphatic heterocycles. The number of carbonyl (C=O) groups is 1. The second-order valence-electron chi connectivity index (χ2n) is 13.6. The van der Waals surface area contributed by atoms with Crippen molar-refractivity contribution in [3.05, 3.63) is 11.6 Å². The lowest BCUT2D eigenvalue weighted by molar-refractivity contribution is -0.317. The van der Waals surface area contributed by atoms with Crippen LogP contribution in [0.5, 0.6) is 0 Å². The molecule has 10 nitrogen and oxygen atoms in total. The standard InChI is InChI=1S/C29H44O10/c1-27-7-5-16(38-26-25(35)24(34)23(33)20(12-30)39-26)10-15(27)3-4-18-19(27)11-21(31)28(2)17(6-8-29(18,28)36)14-9-22(32)37-13-14/h9,15-21,23-26,30-31,33-36H,3-8,10-13H2,1-2H3. The van der Waals surface area contributed by atoms with Crippen LogP contribution < -0.4 is 0 Å². The third kappa shape index (κ3) is 4.00. The fourth-order valence-electron chi connectivity index (χ4n) is 9.84. The molecule has 14 atom stereocenters. The van der Waals surface area contributed by atoms with Crippen LogP contribution in [0.15, 0.2) is 11.6 Å². The minimum absolute atomic E-state index is 0.0543. The molecule has 0 aromatic carbocycles. The minimum atomic E-state index is -1.47. The topological polar surface area (TPSA) is 166 Å². The van der Waals surface area contributed by atoms with Crippen LogP contribution >= 0.6 is 0 Å². The first-order valence-corrected chi connectivity index (χ1v) is 14.7. The highest BCUT2D eigenvalue weighted by Gasteiger charge is 2.70. The fourth-order valence-corrected chi connectivity index (χ4v) is 9.84. The number of aliphatic hydroxyl groups is 6. The van der Waals surface area contributed by atoms with Gasteiger partial charge in [0.05, 0.1) is 24.4 Å². The molecule has 39 heavy (non-hydrogen) atoms. The van der Waals surface area contributed by atoms with Crippen LogP contribution in [0.1, 0.15) is 65.2 Å². The van der Waals surface area contributed by atoms with Crippen molar-refractivity contribution in [1.82, 2.24) is 0 Å². The van der Waals surface area contributed by atoms with Crippen LogP contribution in [0.4, 0.5) is 0 Å². The number of hydrogen-bond acceptors (Lipinski definition) is 10. The van der Waals surface area contributed by atoms with Gasteiger partial charge in [0.15, 0.2) is 6.29 Å². The van der Waals surface area contributed by atoms with Gasteiger partial charge in [-0.05, 0) is 86.0 Å². The van der Waals surface area contributed by atoms with E-state index in [2.05, 4.69) is 6.92 Å². The SMILES string of the molecule is CC12CCC(OC3OC(CO)C(O)C(O)C3O)CC1CCC1C2CC(O)C2(C)C(C3=CC(=O)OC3)CCC12O. The smallest absolute Gasteiger partial charge is 0.331 e. The van der Waals surface area contributed by atoms with Crippen LogP contribution in [0.2, 0.25) is 0 Å². The number of hydrogen-bond donors (Lipinski definition) is 6. The van der Waals surface area contributed by atoms with Crippen LogP contribution in [-0.2, 0) is 19.0 Å². The molecule has 5 fully saturated rings. The van der Waals surface area contributed by atoms with Crippen molar-refractivity contribution in [2.45, 2.75) is 114 Å². The average molecular weight is 553 g/mol. The molecule has 2 heterocycles. The number of esters is 1. The molecule has 6 N–H and O–H groups in total. The molecule has 14 unspecified atom stereocenters. The minimum Gasteiger partial charge on any atom is -0.458 e. The third-order valence-electron chi connectivity index (χ3n) is 12.2. The van der Waals surface area contributed by atoms with E-state index in [4.69, 9.17) is 14.2 Å². The van der Waals surface area contributed by atoms with E-state index in [-0.39, 0.29) is 41.8 Å². The number of aliphatic hydroxyl groups excluding tert-OH is 5. The van der Waals surface area contributed by atoms with Crippen molar-refractivity contribution >= 4 is 5.97 Å². The quantitative estimate of drug-likeness (QED) is 0.212. The maximum atomic E-state index is 12.4. The molecule has 10 heteroatoms. The Morgan fingerprint density at radius 1 is 0.974 bits per heavy atom. The van der Waals surface area contributed by atoms with E-state index < -0.39 is 54.4 Å². The molecule has 0 aromatic heterocycles. The van der Waals surface area contributed by atoms with Crippen molar-refractivity contribution < 1.29 is 49.6 Å². The lowest BCUT2D eigenvalue weighted by atomic mass is 9.42. The highest BCUT2D eigenvalue weighted by Crippen LogP contribution is 2.70. The lowest BCUT2D eigenvalue weighted by Crippen LogP contribution is -2.67. The van der Waals surface area contributed by atoms with E-state index in [1.165, 1.54) is 0 Å². The molecule has 1 saturated heterocycles. The molecular weight excluding hydrogens is 508 g/mol. The fraction of sp³-hybridized carbons (Fsp3) is 0.897. The highest BCUT2D eigenvalue weighted by atomic mass is 16.7. The highest BCUT2D eigenvalue weighted by molar-refractivity contribution is 5.85. The van der Waals surface area contributed by atoms with Crippen LogP contribution in [0.25, 0.3) is 0 Å². The molecule has 6 rings (SSSR count). The summed E-state index contributed by atoms with van der Waals surface area (Å²) >= 11 is 0. The number of fused-ring (bicyclic) bond motifs is 5. The van der Waals surface area contributed by atoms with Crippen molar-refractivity contribution in [3.8, 4) is 0 Å². The molecule has 0 bridgehead atoms. The molecule has 6 aliphatic rings. The maximum absolute atomic E-state index is 12.4. The zero-order valence-electron chi connectivity index (χ0n) is 22.8. The Kier molecular flexibility index (Phi) is 6.99. The summed E-state index contributed by atoms with van der Waals surface area (Å²) in [5.41, 5.74) is -0.966. The summed E-state index contributed by atoms with van der Waals surface area (Å²) in [5, 5.41) is 64.3. The molecular formula is C29H44O10. The Morgan fingerprint density at radius 3 is 2.44 bits per heavy atom. The second-order valence-corrected chi connectivity index (χ2v) is 13.6. The van der Waals surface area contributed by atoms with Gasteiger partial charge in [0.1, 0.15) is 31.0 Å². The summed E-state index contributed by atoms with van der Waals surface area (Å²) in [5.74, 6) is 0.0646. The predicted molar refractivity (Wildman–Crippen MR) is 136 cm³/mol. The van der Waals surface area contributed by atoms with Crippen LogP contribution in [-0.4, -0.2) is 98.3 Å². The third-order valence-corrected chi connectivity index (χ3v) is 12.2.